The topological polar surface area (TPSA) is 3.24 Å². The van der Waals surface area contributed by atoms with E-state index in [1.807, 2.05) is 0 Å². The van der Waals surface area contributed by atoms with Crippen LogP contribution in [0.5, 0.6) is 0 Å². The summed E-state index contributed by atoms with van der Waals surface area (Å²) in [6, 6.07) is 0. The Morgan fingerprint density at radius 2 is 0.230 bits per heavy atom. The molecular weight excluding hydrogens is 735 g/mol. The Morgan fingerprint density at radius 3 is 0.344 bits per heavy atom. The Morgan fingerprint density at radius 1 is 0.131 bits per heavy atom. The number of nitrogens with zero attached hydrogens (tertiary/aromatic N) is 1. The van der Waals surface area contributed by atoms with Crippen molar-refractivity contribution in [2.24, 2.45) is 0 Å². The van der Waals surface area contributed by atoms with E-state index in [1.54, 1.807) is 0 Å². The van der Waals surface area contributed by atoms with Gasteiger partial charge in [-0.1, -0.05) is 348 Å². The third kappa shape index (κ3) is 56.0. The molecule has 0 atom stereocenters. The van der Waals surface area contributed by atoms with Crippen LogP contribution in [0.1, 0.15) is 367 Å². The van der Waals surface area contributed by atoms with Crippen molar-refractivity contribution in [2.75, 3.05) is 19.6 Å². The molecule has 0 N–H and O–H groups in total. The predicted octanol–water partition coefficient (Wildman–Crippen LogP) is 22.4. The van der Waals surface area contributed by atoms with Crippen LogP contribution in [-0.4, -0.2) is 24.5 Å². The second-order valence-electron chi connectivity index (χ2n) is 20.9. The van der Waals surface area contributed by atoms with E-state index in [0.29, 0.717) is 0 Å². The normalized spacial score (nSPS) is 11.8. The molecule has 0 aromatic heterocycles. The fourth-order valence-corrected chi connectivity index (χ4v) is 10.0. The van der Waals surface area contributed by atoms with Gasteiger partial charge in [0.25, 0.3) is 0 Å². The average molecular weight is 859 g/mol. The summed E-state index contributed by atoms with van der Waals surface area (Å²) in [4.78, 5) is 2.89. The van der Waals surface area contributed by atoms with Crippen molar-refractivity contribution >= 4 is 0 Å². The van der Waals surface area contributed by atoms with Crippen molar-refractivity contribution < 1.29 is 0 Å². The largest absolute Gasteiger partial charge is 0.303 e. The molecule has 0 bridgehead atoms. The van der Waals surface area contributed by atoms with E-state index in [0.717, 1.165) is 0 Å². The summed E-state index contributed by atoms with van der Waals surface area (Å²) < 4.78 is 0. The van der Waals surface area contributed by atoms with E-state index in [-0.39, 0.29) is 0 Å². The van der Waals surface area contributed by atoms with Gasteiger partial charge in [-0.15, -0.1) is 0 Å². The maximum Gasteiger partial charge on any atom is -0.00187 e. The van der Waals surface area contributed by atoms with Gasteiger partial charge in [0.05, 0.1) is 0 Å². The smallest absolute Gasteiger partial charge is 0.00187 e. The van der Waals surface area contributed by atoms with Gasteiger partial charge < -0.3 is 4.90 Å². The number of hydrogen-bond donors (Lipinski definition) is 0. The lowest BCUT2D eigenvalue weighted by Gasteiger charge is -2.22. The molecule has 368 valence electrons. The highest BCUT2D eigenvalue weighted by Gasteiger charge is 2.06. The zero-order valence-electron chi connectivity index (χ0n) is 43.8. The summed E-state index contributed by atoms with van der Waals surface area (Å²) in [5, 5.41) is 0. The van der Waals surface area contributed by atoms with Crippen molar-refractivity contribution in [3.8, 4) is 0 Å². The summed E-state index contributed by atoms with van der Waals surface area (Å²) in [5.74, 6) is 0. The lowest BCUT2D eigenvalue weighted by molar-refractivity contribution is 0.254. The molecule has 0 radical (unpaired) electrons. The second-order valence-corrected chi connectivity index (χ2v) is 20.9. The Bertz CT molecular complexity index is 621. The lowest BCUT2D eigenvalue weighted by atomic mass is 10.0. The van der Waals surface area contributed by atoms with Crippen molar-refractivity contribution in [3.63, 3.8) is 0 Å². The fraction of sp³-hybridized carbons (Fsp3) is 1.00. The maximum atomic E-state index is 2.89. The number of hydrogen-bond acceptors (Lipinski definition) is 1. The van der Waals surface area contributed by atoms with Gasteiger partial charge in [0.1, 0.15) is 0 Å². The second kappa shape index (κ2) is 58.0. The Hall–Kier alpha value is -0.0400. The van der Waals surface area contributed by atoms with E-state index < -0.39 is 0 Å². The van der Waals surface area contributed by atoms with E-state index in [9.17, 15) is 0 Å². The molecule has 1 nitrogen and oxygen atoms in total. The van der Waals surface area contributed by atoms with Crippen LogP contribution >= 0.6 is 0 Å². The zero-order chi connectivity index (χ0) is 43.9. The van der Waals surface area contributed by atoms with Crippen molar-refractivity contribution in [2.45, 2.75) is 367 Å². The van der Waals surface area contributed by atoms with Gasteiger partial charge in [0.15, 0.2) is 0 Å². The molecule has 0 aliphatic heterocycles. The van der Waals surface area contributed by atoms with E-state index in [4.69, 9.17) is 0 Å². The third-order valence-corrected chi connectivity index (χ3v) is 14.5. The monoisotopic (exact) mass is 858 g/mol. The minimum Gasteiger partial charge on any atom is -0.303 e. The molecule has 0 saturated carbocycles. The minimum absolute atomic E-state index is 1.37. The highest BCUT2D eigenvalue weighted by Crippen LogP contribution is 2.18. The molecule has 0 amide bonds. The van der Waals surface area contributed by atoms with E-state index >= 15 is 0 Å². The SMILES string of the molecule is CCCCCCCCCCCCCCCCCCCCN(CCCCCCCCCCCCCCCCCCCC)CCCCCCCCCCCCCCCCCCCC. The molecule has 1 heteroatoms. The first-order valence-corrected chi connectivity index (χ1v) is 30.1. The molecule has 0 aromatic carbocycles. The maximum absolute atomic E-state index is 2.89. The molecule has 0 aromatic rings. The third-order valence-electron chi connectivity index (χ3n) is 14.5. The van der Waals surface area contributed by atoms with Gasteiger partial charge in [-0.25, -0.2) is 0 Å². The van der Waals surface area contributed by atoms with Gasteiger partial charge in [-0.2, -0.15) is 0 Å². The van der Waals surface area contributed by atoms with E-state index in [1.165, 1.54) is 366 Å². The summed E-state index contributed by atoms with van der Waals surface area (Å²) in [6.45, 7) is 11.1. The number of unbranched alkanes of at least 4 members (excludes halogenated alkanes) is 51. The van der Waals surface area contributed by atoms with Gasteiger partial charge in [0.2, 0.25) is 0 Å². The van der Waals surface area contributed by atoms with Crippen LogP contribution in [0.2, 0.25) is 0 Å². The summed E-state index contributed by atoms with van der Waals surface area (Å²) in [6.07, 6.45) is 79.5. The van der Waals surface area contributed by atoms with Crippen molar-refractivity contribution in [1.82, 2.24) is 4.90 Å². The highest BCUT2D eigenvalue weighted by molar-refractivity contribution is 4.61. The molecule has 0 fully saturated rings. The van der Waals surface area contributed by atoms with E-state index in [2.05, 4.69) is 25.7 Å². The van der Waals surface area contributed by atoms with Gasteiger partial charge in [0, 0.05) is 0 Å². The molecule has 0 aliphatic rings. The molecular formula is C60H123N. The first-order valence-electron chi connectivity index (χ1n) is 30.1. The first-order chi connectivity index (χ1) is 30.3. The molecule has 0 heterocycles. The number of rotatable bonds is 57. The quantitative estimate of drug-likeness (QED) is 0.0551. The molecule has 61 heavy (non-hydrogen) atoms. The van der Waals surface area contributed by atoms with Gasteiger partial charge in [-0.05, 0) is 38.9 Å². The Kier molecular flexibility index (Phi) is 57.9. The van der Waals surface area contributed by atoms with Crippen LogP contribution < -0.4 is 0 Å². The van der Waals surface area contributed by atoms with Crippen LogP contribution in [0.15, 0.2) is 0 Å². The average Bonchev–Trinajstić information content (AvgIpc) is 3.27. The Balaban J connectivity index is 3.96. The van der Waals surface area contributed by atoms with Crippen LogP contribution in [0.4, 0.5) is 0 Å². The molecule has 0 aliphatic carbocycles. The van der Waals surface area contributed by atoms with Crippen LogP contribution in [0.25, 0.3) is 0 Å². The predicted molar refractivity (Wildman–Crippen MR) is 283 cm³/mol. The summed E-state index contributed by atoms with van der Waals surface area (Å²) in [7, 11) is 0. The first kappa shape index (κ1) is 61.0. The van der Waals surface area contributed by atoms with Gasteiger partial charge >= 0.3 is 0 Å². The Labute approximate surface area is 390 Å². The molecule has 0 spiro atoms. The van der Waals surface area contributed by atoms with Crippen LogP contribution in [-0.2, 0) is 0 Å². The van der Waals surface area contributed by atoms with Crippen molar-refractivity contribution in [3.05, 3.63) is 0 Å². The summed E-state index contributed by atoms with van der Waals surface area (Å²) >= 11 is 0. The zero-order valence-corrected chi connectivity index (χ0v) is 43.8. The molecule has 0 unspecified atom stereocenters. The minimum atomic E-state index is 1.37. The standard InChI is InChI=1S/C60H123N/c1-4-7-10-13-16-19-22-25-28-31-34-37-40-43-46-49-52-55-58-61(59-56-53-50-47-44-41-38-35-32-29-26-23-20-17-14-11-8-5-2)60-57-54-51-48-45-42-39-36-33-30-27-24-21-18-15-12-9-6-3/h4-60H2,1-3H3. The summed E-state index contributed by atoms with van der Waals surface area (Å²) in [5.41, 5.74) is 0. The molecule has 0 rings (SSSR count). The van der Waals surface area contributed by atoms with Gasteiger partial charge in [-0.3, -0.25) is 0 Å². The highest BCUT2D eigenvalue weighted by atomic mass is 15.1. The molecule has 0 saturated heterocycles. The van der Waals surface area contributed by atoms with Crippen LogP contribution in [0, 0.1) is 0 Å². The lowest BCUT2D eigenvalue weighted by Crippen LogP contribution is -2.27. The van der Waals surface area contributed by atoms with Crippen LogP contribution in [0.3, 0.4) is 0 Å². The van der Waals surface area contributed by atoms with Crippen molar-refractivity contribution in [1.29, 1.82) is 0 Å². The fourth-order valence-electron chi connectivity index (χ4n) is 10.0.